The summed E-state index contributed by atoms with van der Waals surface area (Å²) in [7, 11) is 2.60. The first-order valence-corrected chi connectivity index (χ1v) is 14.4. The van der Waals surface area contributed by atoms with Gasteiger partial charge >= 0.3 is 0 Å². The van der Waals surface area contributed by atoms with Crippen LogP contribution < -0.4 is 0 Å². The molecule has 0 aliphatic carbocycles. The number of rotatable bonds is 23. The summed E-state index contributed by atoms with van der Waals surface area (Å²) in [6, 6.07) is -0.750. The minimum atomic E-state index is -2.16. The summed E-state index contributed by atoms with van der Waals surface area (Å²) >= 11 is 0. The van der Waals surface area contributed by atoms with Crippen molar-refractivity contribution in [2.45, 2.75) is 126 Å². The smallest absolute Gasteiger partial charge is 0.254 e. The lowest BCUT2D eigenvalue weighted by Gasteiger charge is -2.35. The molecule has 0 aromatic rings. The number of aliphatic hydroxyl groups is 10. The maximum absolute atomic E-state index is 13.0. The Kier molecular flexibility index (Phi) is 20.5. The lowest BCUT2D eigenvalue weighted by Crippen LogP contribution is -2.56. The van der Waals surface area contributed by atoms with Gasteiger partial charge in [-0.2, -0.15) is 0 Å². The average molecular weight is 599 g/mol. The van der Waals surface area contributed by atoms with Gasteiger partial charge in [0.1, 0.15) is 36.6 Å². The zero-order valence-electron chi connectivity index (χ0n) is 24.6. The minimum absolute atomic E-state index is 0.189. The van der Waals surface area contributed by atoms with E-state index in [2.05, 4.69) is 6.92 Å². The molecule has 0 fully saturated rings. The second kappa shape index (κ2) is 21.3. The molecule has 0 aromatic heterocycles. The first-order valence-electron chi connectivity index (χ1n) is 14.4. The van der Waals surface area contributed by atoms with Crippen LogP contribution >= 0.6 is 0 Å². The van der Waals surface area contributed by atoms with Crippen LogP contribution in [0.2, 0.25) is 0 Å². The number of likely N-dealkylation sites (N-methyl/N-ethyl adjacent to an activating group) is 2. The van der Waals surface area contributed by atoms with Gasteiger partial charge in [-0.1, -0.05) is 64.7 Å². The van der Waals surface area contributed by atoms with Gasteiger partial charge in [0.25, 0.3) is 11.8 Å². The zero-order chi connectivity index (χ0) is 31.7. The highest BCUT2D eigenvalue weighted by molar-refractivity contribution is 5.82. The Morgan fingerprint density at radius 3 is 1.39 bits per heavy atom. The summed E-state index contributed by atoms with van der Waals surface area (Å²) in [6.07, 6.45) is -6.51. The third-order valence-electron chi connectivity index (χ3n) is 7.41. The third-order valence-corrected chi connectivity index (χ3v) is 7.41. The minimum Gasteiger partial charge on any atom is -0.394 e. The lowest BCUT2D eigenvalue weighted by molar-refractivity contribution is -0.162. The number of amides is 2. The number of aliphatic hydroxyl groups excluding tert-OH is 10. The molecular formula is C27H54N2O12. The highest BCUT2D eigenvalue weighted by atomic mass is 16.4. The summed E-state index contributed by atoms with van der Waals surface area (Å²) in [6.45, 7) is 0.130. The van der Waals surface area contributed by atoms with Crippen molar-refractivity contribution in [3.8, 4) is 0 Å². The monoisotopic (exact) mass is 598 g/mol. The summed E-state index contributed by atoms with van der Waals surface area (Å²) in [5.74, 6) is -2.06. The van der Waals surface area contributed by atoms with Gasteiger partial charge in [-0.25, -0.2) is 0 Å². The second-order valence-corrected chi connectivity index (χ2v) is 10.8. The number of hydrogen-bond donors (Lipinski definition) is 10. The molecule has 1 unspecified atom stereocenters. The van der Waals surface area contributed by atoms with Crippen LogP contribution in [0.1, 0.15) is 71.1 Å². The SMILES string of the molecule is CCCCCCCCCCCC(CN(C)C(=O)[C@H](O)[C@@H](O)[C@H](O)[C@H](O)CO)N(C)C(=O)[C@H](O)[C@@H](O)[C@H](O)[C@H](O)CO. The van der Waals surface area contributed by atoms with E-state index in [-0.39, 0.29) is 6.54 Å². The number of nitrogens with zero attached hydrogens (tertiary/aromatic N) is 2. The third kappa shape index (κ3) is 13.6. The first kappa shape index (κ1) is 39.5. The summed E-state index contributed by atoms with van der Waals surface area (Å²) in [4.78, 5) is 27.8. The van der Waals surface area contributed by atoms with Gasteiger partial charge in [0.05, 0.1) is 13.2 Å². The topological polar surface area (TPSA) is 243 Å². The molecule has 9 atom stereocenters. The molecule has 0 bridgehead atoms. The second-order valence-electron chi connectivity index (χ2n) is 10.8. The van der Waals surface area contributed by atoms with Gasteiger partial charge in [0.15, 0.2) is 12.2 Å². The van der Waals surface area contributed by atoms with Crippen molar-refractivity contribution in [1.29, 1.82) is 0 Å². The molecule has 0 aromatic carbocycles. The molecule has 14 nitrogen and oxygen atoms in total. The zero-order valence-corrected chi connectivity index (χ0v) is 24.6. The Labute approximate surface area is 242 Å². The van der Waals surface area contributed by atoms with E-state index in [1.807, 2.05) is 0 Å². The van der Waals surface area contributed by atoms with Crippen LogP contribution in [0.25, 0.3) is 0 Å². The Bertz CT molecular complexity index is 718. The highest BCUT2D eigenvalue weighted by Crippen LogP contribution is 2.17. The molecule has 244 valence electrons. The molecule has 0 spiro atoms. The fourth-order valence-electron chi connectivity index (χ4n) is 4.46. The van der Waals surface area contributed by atoms with E-state index >= 15 is 0 Å². The molecule has 0 heterocycles. The van der Waals surface area contributed by atoms with Gasteiger partial charge < -0.3 is 60.9 Å². The van der Waals surface area contributed by atoms with Crippen molar-refractivity contribution in [3.05, 3.63) is 0 Å². The van der Waals surface area contributed by atoms with Crippen molar-refractivity contribution in [1.82, 2.24) is 9.80 Å². The summed E-state index contributed by atoms with van der Waals surface area (Å²) in [5, 5.41) is 97.6. The predicted molar refractivity (Wildman–Crippen MR) is 148 cm³/mol. The van der Waals surface area contributed by atoms with E-state index in [9.17, 15) is 50.4 Å². The average Bonchev–Trinajstić information content (AvgIpc) is 2.98. The number of unbranched alkanes of at least 4 members (excludes halogenated alkanes) is 8. The van der Waals surface area contributed by atoms with Crippen LogP contribution in [0.5, 0.6) is 0 Å². The van der Waals surface area contributed by atoms with Crippen molar-refractivity contribution in [2.24, 2.45) is 0 Å². The molecule has 0 saturated heterocycles. The maximum atomic E-state index is 13.0. The van der Waals surface area contributed by atoms with Crippen molar-refractivity contribution >= 4 is 11.8 Å². The quantitative estimate of drug-likeness (QED) is 0.0531. The summed E-state index contributed by atoms with van der Waals surface area (Å²) < 4.78 is 0. The fraction of sp³-hybridized carbons (Fsp3) is 0.926. The van der Waals surface area contributed by atoms with Gasteiger partial charge in [0.2, 0.25) is 0 Å². The van der Waals surface area contributed by atoms with Crippen molar-refractivity contribution in [3.63, 3.8) is 0 Å². The van der Waals surface area contributed by atoms with Crippen LogP contribution in [0.15, 0.2) is 0 Å². The van der Waals surface area contributed by atoms with Gasteiger partial charge in [-0.3, -0.25) is 9.59 Å². The standard InChI is InChI=1S/C27H54N2O12/c1-4-5-6-7-8-9-10-11-12-13-17(29(3)27(41)25(39)23(37)21(35)19(33)16-31)14-28(2)26(40)24(38)22(36)20(34)18(32)15-30/h17-25,30-39H,4-16H2,1-3H3/t17?,18-,19-,20-,21-,22+,23+,24-,25-/m1/s1. The highest BCUT2D eigenvalue weighted by Gasteiger charge is 2.39. The van der Waals surface area contributed by atoms with E-state index < -0.39 is 79.9 Å². The molecule has 0 saturated carbocycles. The predicted octanol–water partition coefficient (Wildman–Crippen LogP) is -2.94. The van der Waals surface area contributed by atoms with Crippen molar-refractivity contribution < 1.29 is 60.7 Å². The molecule has 41 heavy (non-hydrogen) atoms. The molecule has 0 aliphatic heterocycles. The van der Waals surface area contributed by atoms with Crippen LogP contribution in [-0.4, -0.2) is 161 Å². The van der Waals surface area contributed by atoms with Crippen LogP contribution in [0.4, 0.5) is 0 Å². The molecule has 10 N–H and O–H groups in total. The molecule has 0 aliphatic rings. The maximum Gasteiger partial charge on any atom is 0.254 e. The van der Waals surface area contributed by atoms with Gasteiger partial charge in [0, 0.05) is 26.7 Å². The molecule has 0 radical (unpaired) electrons. The normalized spacial score (nSPS) is 18.5. The molecule has 2 amide bonds. The van der Waals surface area contributed by atoms with Crippen LogP contribution in [0.3, 0.4) is 0 Å². The van der Waals surface area contributed by atoms with Gasteiger partial charge in [-0.15, -0.1) is 0 Å². The van der Waals surface area contributed by atoms with E-state index in [1.54, 1.807) is 0 Å². The van der Waals surface area contributed by atoms with Crippen LogP contribution in [0, 0.1) is 0 Å². The van der Waals surface area contributed by atoms with E-state index in [0.29, 0.717) is 12.8 Å². The number of hydrogen-bond acceptors (Lipinski definition) is 12. The lowest BCUT2D eigenvalue weighted by atomic mass is 9.99. The summed E-state index contributed by atoms with van der Waals surface area (Å²) in [5.41, 5.74) is 0. The Hall–Kier alpha value is -1.46. The van der Waals surface area contributed by atoms with E-state index in [4.69, 9.17) is 10.2 Å². The molecule has 0 rings (SSSR count). The van der Waals surface area contributed by atoms with E-state index in [1.165, 1.54) is 33.4 Å². The van der Waals surface area contributed by atoms with E-state index in [0.717, 1.165) is 41.9 Å². The largest absolute Gasteiger partial charge is 0.394 e. The Morgan fingerprint density at radius 2 is 0.976 bits per heavy atom. The van der Waals surface area contributed by atoms with Crippen LogP contribution in [-0.2, 0) is 9.59 Å². The molecule has 14 heteroatoms. The number of carbonyl (C=O) groups is 2. The fourth-order valence-corrected chi connectivity index (χ4v) is 4.46. The first-order chi connectivity index (χ1) is 19.3. The van der Waals surface area contributed by atoms with Crippen molar-refractivity contribution in [2.75, 3.05) is 33.9 Å². The Balaban J connectivity index is 5.45. The number of carbonyl (C=O) groups excluding carboxylic acids is 2. The Morgan fingerprint density at radius 1 is 0.585 bits per heavy atom. The molecular weight excluding hydrogens is 544 g/mol. The van der Waals surface area contributed by atoms with Gasteiger partial charge in [-0.05, 0) is 6.42 Å².